The Balaban J connectivity index is 3.17. The Morgan fingerprint density at radius 3 is 2.77 bits per heavy atom. The first-order valence-electron chi connectivity index (χ1n) is 3.67. The summed E-state index contributed by atoms with van der Waals surface area (Å²) >= 11 is 3.18. The Bertz CT molecular complexity index is 350. The van der Waals surface area contributed by atoms with Crippen molar-refractivity contribution in [3.8, 4) is 0 Å². The molecule has 0 aliphatic rings. The number of aliphatic carboxylic acids is 1. The SMILES string of the molecule is Cc1c(F)ccc(Br)c1CC(=O)O. The number of carboxylic acid groups (broad SMARTS) is 1. The van der Waals surface area contributed by atoms with E-state index in [0.717, 1.165) is 0 Å². The average molecular weight is 247 g/mol. The summed E-state index contributed by atoms with van der Waals surface area (Å²) in [6, 6.07) is 2.82. The van der Waals surface area contributed by atoms with Gasteiger partial charge in [0.15, 0.2) is 0 Å². The van der Waals surface area contributed by atoms with Crippen molar-refractivity contribution in [1.29, 1.82) is 0 Å². The van der Waals surface area contributed by atoms with Gasteiger partial charge in [-0.1, -0.05) is 15.9 Å². The van der Waals surface area contributed by atoms with Crippen molar-refractivity contribution in [2.45, 2.75) is 13.3 Å². The second kappa shape index (κ2) is 3.87. The lowest BCUT2D eigenvalue weighted by Crippen LogP contribution is -2.04. The lowest BCUT2D eigenvalue weighted by molar-refractivity contribution is -0.136. The van der Waals surface area contributed by atoms with Crippen molar-refractivity contribution in [2.75, 3.05) is 0 Å². The molecule has 1 N–H and O–H groups in total. The van der Waals surface area contributed by atoms with Gasteiger partial charge in [0.2, 0.25) is 0 Å². The minimum Gasteiger partial charge on any atom is -0.481 e. The molecule has 0 amide bonds. The Hall–Kier alpha value is -0.900. The van der Waals surface area contributed by atoms with E-state index in [9.17, 15) is 9.18 Å². The average Bonchev–Trinajstić information content (AvgIpc) is 2.05. The van der Waals surface area contributed by atoms with E-state index in [1.54, 1.807) is 6.92 Å². The molecule has 0 saturated carbocycles. The predicted octanol–water partition coefficient (Wildman–Crippen LogP) is 2.52. The largest absolute Gasteiger partial charge is 0.481 e. The van der Waals surface area contributed by atoms with Gasteiger partial charge in [-0.2, -0.15) is 0 Å². The van der Waals surface area contributed by atoms with Crippen LogP contribution in [0, 0.1) is 12.7 Å². The first-order valence-corrected chi connectivity index (χ1v) is 4.47. The predicted molar refractivity (Wildman–Crippen MR) is 50.2 cm³/mol. The molecule has 0 bridgehead atoms. The van der Waals surface area contributed by atoms with Gasteiger partial charge in [0.05, 0.1) is 6.42 Å². The van der Waals surface area contributed by atoms with Crippen molar-refractivity contribution in [2.24, 2.45) is 0 Å². The fraction of sp³-hybridized carbons (Fsp3) is 0.222. The summed E-state index contributed by atoms with van der Waals surface area (Å²) in [5.41, 5.74) is 0.879. The van der Waals surface area contributed by atoms with E-state index in [2.05, 4.69) is 15.9 Å². The summed E-state index contributed by atoms with van der Waals surface area (Å²) in [7, 11) is 0. The van der Waals surface area contributed by atoms with Crippen molar-refractivity contribution < 1.29 is 14.3 Å². The third kappa shape index (κ3) is 2.28. The van der Waals surface area contributed by atoms with Crippen LogP contribution in [0.2, 0.25) is 0 Å². The highest BCUT2D eigenvalue weighted by atomic mass is 79.9. The summed E-state index contributed by atoms with van der Waals surface area (Å²) in [5.74, 6) is -1.34. The van der Waals surface area contributed by atoms with Gasteiger partial charge in [0, 0.05) is 4.47 Å². The Kier molecular flexibility index (Phi) is 3.03. The van der Waals surface area contributed by atoms with Gasteiger partial charge < -0.3 is 5.11 Å². The fourth-order valence-electron chi connectivity index (χ4n) is 1.06. The smallest absolute Gasteiger partial charge is 0.307 e. The Morgan fingerprint density at radius 1 is 1.62 bits per heavy atom. The zero-order valence-electron chi connectivity index (χ0n) is 6.97. The van der Waals surface area contributed by atoms with Crippen LogP contribution in [0.1, 0.15) is 11.1 Å². The second-order valence-corrected chi connectivity index (χ2v) is 3.56. The molecule has 2 nitrogen and oxygen atoms in total. The molecule has 0 aromatic heterocycles. The molecule has 1 aromatic rings. The summed E-state index contributed by atoms with van der Waals surface area (Å²) in [4.78, 5) is 10.4. The minimum atomic E-state index is -0.964. The lowest BCUT2D eigenvalue weighted by atomic mass is 10.1. The van der Waals surface area contributed by atoms with Gasteiger partial charge >= 0.3 is 5.97 Å². The quantitative estimate of drug-likeness (QED) is 0.871. The van der Waals surface area contributed by atoms with Crippen molar-refractivity contribution in [1.82, 2.24) is 0 Å². The zero-order valence-corrected chi connectivity index (χ0v) is 8.56. The van der Waals surface area contributed by atoms with Crippen LogP contribution < -0.4 is 0 Å². The molecule has 13 heavy (non-hydrogen) atoms. The van der Waals surface area contributed by atoms with Crippen LogP contribution in [0.15, 0.2) is 16.6 Å². The molecule has 0 unspecified atom stereocenters. The van der Waals surface area contributed by atoms with Gasteiger partial charge in [0.25, 0.3) is 0 Å². The number of halogens is 2. The third-order valence-electron chi connectivity index (χ3n) is 1.80. The number of rotatable bonds is 2. The Morgan fingerprint density at radius 2 is 2.23 bits per heavy atom. The molecule has 1 rings (SSSR count). The molecular weight excluding hydrogens is 239 g/mol. The molecule has 0 saturated heterocycles. The van der Waals surface area contributed by atoms with E-state index in [0.29, 0.717) is 15.6 Å². The number of carboxylic acids is 1. The first kappa shape index (κ1) is 10.2. The molecular formula is C9H8BrFO2. The zero-order chi connectivity index (χ0) is 10.0. The summed E-state index contributed by atoms with van der Waals surface area (Å²) in [5, 5.41) is 8.56. The monoisotopic (exact) mass is 246 g/mol. The molecule has 1 aromatic carbocycles. The molecule has 0 atom stereocenters. The van der Waals surface area contributed by atoms with E-state index in [4.69, 9.17) is 5.11 Å². The van der Waals surface area contributed by atoms with Crippen molar-refractivity contribution >= 4 is 21.9 Å². The highest BCUT2D eigenvalue weighted by Gasteiger charge is 2.11. The topological polar surface area (TPSA) is 37.3 Å². The van der Waals surface area contributed by atoms with Crippen LogP contribution >= 0.6 is 15.9 Å². The molecule has 4 heteroatoms. The normalized spacial score (nSPS) is 10.1. The fourth-order valence-corrected chi connectivity index (χ4v) is 1.63. The lowest BCUT2D eigenvalue weighted by Gasteiger charge is -2.06. The maximum Gasteiger partial charge on any atom is 0.307 e. The molecule has 0 spiro atoms. The van der Waals surface area contributed by atoms with Gasteiger partial charge in [-0.3, -0.25) is 4.79 Å². The molecule has 0 aliphatic heterocycles. The highest BCUT2D eigenvalue weighted by molar-refractivity contribution is 9.10. The summed E-state index contributed by atoms with van der Waals surface area (Å²) in [6.45, 7) is 1.57. The molecule has 70 valence electrons. The van der Waals surface area contributed by atoms with E-state index in [1.807, 2.05) is 0 Å². The first-order chi connectivity index (χ1) is 6.02. The third-order valence-corrected chi connectivity index (χ3v) is 2.55. The molecule has 0 fully saturated rings. The summed E-state index contributed by atoms with van der Waals surface area (Å²) in [6.07, 6.45) is -0.163. The molecule has 0 radical (unpaired) electrons. The summed E-state index contributed by atoms with van der Waals surface area (Å²) < 4.78 is 13.6. The van der Waals surface area contributed by atoms with Crippen molar-refractivity contribution in [3.05, 3.63) is 33.5 Å². The standard InChI is InChI=1S/C9H8BrFO2/c1-5-6(4-9(12)13)7(10)2-3-8(5)11/h2-3H,4H2,1H3,(H,12,13). The Labute approximate surface area is 83.5 Å². The van der Waals surface area contributed by atoms with Crippen LogP contribution in [0.3, 0.4) is 0 Å². The number of hydrogen-bond donors (Lipinski definition) is 1. The van der Waals surface area contributed by atoms with Gasteiger partial charge in [0.1, 0.15) is 5.82 Å². The van der Waals surface area contributed by atoms with E-state index in [-0.39, 0.29) is 12.2 Å². The van der Waals surface area contributed by atoms with Crippen LogP contribution in [0.5, 0.6) is 0 Å². The van der Waals surface area contributed by atoms with Crippen LogP contribution in [0.25, 0.3) is 0 Å². The minimum absolute atomic E-state index is 0.163. The van der Waals surface area contributed by atoms with Gasteiger partial charge in [-0.15, -0.1) is 0 Å². The van der Waals surface area contributed by atoms with Crippen LogP contribution in [-0.2, 0) is 11.2 Å². The second-order valence-electron chi connectivity index (χ2n) is 2.70. The maximum absolute atomic E-state index is 13.0. The number of benzene rings is 1. The van der Waals surface area contributed by atoms with E-state index in [1.165, 1.54) is 12.1 Å². The van der Waals surface area contributed by atoms with Crippen LogP contribution in [0.4, 0.5) is 4.39 Å². The van der Waals surface area contributed by atoms with Gasteiger partial charge in [-0.25, -0.2) is 4.39 Å². The van der Waals surface area contributed by atoms with E-state index < -0.39 is 5.97 Å². The number of hydrogen-bond acceptors (Lipinski definition) is 1. The van der Waals surface area contributed by atoms with Gasteiger partial charge in [-0.05, 0) is 30.2 Å². The molecule has 0 heterocycles. The highest BCUT2D eigenvalue weighted by Crippen LogP contribution is 2.23. The molecule has 0 aliphatic carbocycles. The van der Waals surface area contributed by atoms with Crippen LogP contribution in [-0.4, -0.2) is 11.1 Å². The van der Waals surface area contributed by atoms with Crippen molar-refractivity contribution in [3.63, 3.8) is 0 Å². The number of carbonyl (C=O) groups is 1. The maximum atomic E-state index is 13.0. The van der Waals surface area contributed by atoms with E-state index >= 15 is 0 Å².